The summed E-state index contributed by atoms with van der Waals surface area (Å²) in [5, 5.41) is 11.0. The van der Waals surface area contributed by atoms with Crippen molar-refractivity contribution in [3.8, 4) is 11.5 Å². The van der Waals surface area contributed by atoms with Gasteiger partial charge in [0.05, 0.1) is 29.1 Å². The lowest BCUT2D eigenvalue weighted by Crippen LogP contribution is -2.35. The summed E-state index contributed by atoms with van der Waals surface area (Å²) < 4.78 is 13.8. The maximum Gasteiger partial charge on any atom is 0.270 e. The van der Waals surface area contributed by atoms with Crippen molar-refractivity contribution >= 4 is 23.3 Å². The van der Waals surface area contributed by atoms with E-state index in [2.05, 4.69) is 0 Å². The molecule has 0 radical (unpaired) electrons. The van der Waals surface area contributed by atoms with Crippen LogP contribution >= 0.6 is 0 Å². The average molecular weight is 475 g/mol. The minimum atomic E-state index is -0.720. The molecule has 0 aliphatic carbocycles. The molecule has 2 aromatic carbocycles. The highest BCUT2D eigenvalue weighted by Gasteiger charge is 2.38. The number of imide groups is 1. The lowest BCUT2D eigenvalue weighted by atomic mass is 10.1. The van der Waals surface area contributed by atoms with Crippen LogP contribution in [-0.2, 0) is 6.54 Å². The van der Waals surface area contributed by atoms with Gasteiger partial charge in [-0.15, -0.1) is 0 Å². The second-order valence-electron chi connectivity index (χ2n) is 8.50. The van der Waals surface area contributed by atoms with Gasteiger partial charge >= 0.3 is 0 Å². The van der Waals surface area contributed by atoms with Crippen LogP contribution in [0.3, 0.4) is 0 Å². The monoisotopic (exact) mass is 475 g/mol. The number of non-ortho nitro benzene ring substituents is 1. The molecular formula is C25H21N3O7. The molecule has 0 unspecified atom stereocenters. The van der Waals surface area contributed by atoms with Crippen LogP contribution in [-0.4, -0.2) is 51.2 Å². The second kappa shape index (κ2) is 8.39. The number of carbonyl (C=O) groups is 3. The van der Waals surface area contributed by atoms with Crippen LogP contribution in [0.15, 0.2) is 48.5 Å². The normalized spacial score (nSPS) is 16.4. The number of ether oxygens (including phenoxy) is 2. The number of hydrogen-bond donors (Lipinski definition) is 0. The standard InChI is InChI=1S/C25H21N3O7/c1-14-9-19(15(2)26(14)11-17-13-34-22-5-3-4-6-23(22)35-17)21(29)12-27-24(30)18-8-7-16(28(32)33)10-20(18)25(27)31/h3-10,17H,11-13H2,1-2H3/t17-/m1/s1. The van der Waals surface area contributed by atoms with Gasteiger partial charge in [-0.25, -0.2) is 0 Å². The molecule has 3 aromatic rings. The summed E-state index contributed by atoms with van der Waals surface area (Å²) in [4.78, 5) is 49.8. The summed E-state index contributed by atoms with van der Waals surface area (Å²) in [6.45, 7) is 4.02. The Bertz CT molecular complexity index is 1410. The van der Waals surface area contributed by atoms with Crippen LogP contribution in [0.2, 0.25) is 0 Å². The van der Waals surface area contributed by atoms with Crippen LogP contribution in [0.25, 0.3) is 0 Å². The first kappa shape index (κ1) is 22.3. The number of nitro groups is 1. The fourth-order valence-corrected chi connectivity index (χ4v) is 4.49. The maximum atomic E-state index is 13.1. The molecule has 0 N–H and O–H groups in total. The van der Waals surface area contributed by atoms with Crippen LogP contribution in [0.4, 0.5) is 5.69 Å². The molecule has 0 saturated carbocycles. The number of amides is 2. The van der Waals surface area contributed by atoms with Crippen molar-refractivity contribution in [2.24, 2.45) is 0 Å². The van der Waals surface area contributed by atoms with Crippen molar-refractivity contribution in [3.63, 3.8) is 0 Å². The topological polar surface area (TPSA) is 121 Å². The number of aromatic nitrogens is 1. The van der Waals surface area contributed by atoms with Gasteiger partial charge in [-0.3, -0.25) is 29.4 Å². The van der Waals surface area contributed by atoms with E-state index in [0.717, 1.165) is 16.7 Å². The van der Waals surface area contributed by atoms with Crippen molar-refractivity contribution in [2.75, 3.05) is 13.2 Å². The molecule has 1 atom stereocenters. The summed E-state index contributed by atoms with van der Waals surface area (Å²) in [5.74, 6) is -0.421. The van der Waals surface area contributed by atoms with Gasteiger partial charge in [-0.05, 0) is 38.1 Å². The van der Waals surface area contributed by atoms with Crippen LogP contribution in [0.5, 0.6) is 11.5 Å². The SMILES string of the molecule is Cc1cc(C(=O)CN2C(=O)c3ccc([N+](=O)[O-])cc3C2=O)c(C)n1C[C@@H]1COc2ccccc2O1. The van der Waals surface area contributed by atoms with Gasteiger partial charge in [-0.1, -0.05) is 12.1 Å². The Morgan fingerprint density at radius 2 is 1.77 bits per heavy atom. The van der Waals surface area contributed by atoms with Gasteiger partial charge in [0, 0.05) is 29.1 Å². The van der Waals surface area contributed by atoms with Gasteiger partial charge in [0.2, 0.25) is 0 Å². The van der Waals surface area contributed by atoms with Gasteiger partial charge in [0.1, 0.15) is 6.61 Å². The molecular weight excluding hydrogens is 454 g/mol. The molecule has 10 nitrogen and oxygen atoms in total. The first-order valence-electron chi connectivity index (χ1n) is 11.0. The van der Waals surface area contributed by atoms with E-state index >= 15 is 0 Å². The van der Waals surface area contributed by atoms with Crippen molar-refractivity contribution in [3.05, 3.63) is 86.7 Å². The molecule has 2 aliphatic heterocycles. The Morgan fingerprint density at radius 1 is 1.06 bits per heavy atom. The van der Waals surface area contributed by atoms with Crippen LogP contribution in [0, 0.1) is 24.0 Å². The number of carbonyl (C=O) groups excluding carboxylic acids is 3. The number of para-hydroxylation sites is 2. The minimum absolute atomic E-state index is 0.0496. The number of aryl methyl sites for hydroxylation is 1. The molecule has 0 fully saturated rings. The predicted octanol–water partition coefficient (Wildman–Crippen LogP) is 3.33. The number of fused-ring (bicyclic) bond motifs is 2. The lowest BCUT2D eigenvalue weighted by Gasteiger charge is -2.27. The highest BCUT2D eigenvalue weighted by Crippen LogP contribution is 2.32. The molecule has 3 heterocycles. The van der Waals surface area contributed by atoms with Gasteiger partial charge in [0.25, 0.3) is 17.5 Å². The Hall–Kier alpha value is -4.47. The summed E-state index contributed by atoms with van der Waals surface area (Å²) in [7, 11) is 0. The molecule has 5 rings (SSSR count). The van der Waals surface area contributed by atoms with Crippen molar-refractivity contribution in [1.29, 1.82) is 0 Å². The summed E-state index contributed by atoms with van der Waals surface area (Å²) in [5.41, 5.74) is 1.58. The molecule has 2 amide bonds. The Balaban J connectivity index is 1.33. The maximum absolute atomic E-state index is 13.1. The van der Waals surface area contributed by atoms with Crippen LogP contribution in [0.1, 0.15) is 42.5 Å². The first-order valence-corrected chi connectivity index (χ1v) is 11.0. The summed E-state index contributed by atoms with van der Waals surface area (Å²) in [6.07, 6.45) is -0.260. The third-order valence-corrected chi connectivity index (χ3v) is 6.29. The molecule has 0 saturated heterocycles. The molecule has 178 valence electrons. The molecule has 1 aromatic heterocycles. The van der Waals surface area contributed by atoms with Gasteiger partial charge in [0.15, 0.2) is 23.4 Å². The highest BCUT2D eigenvalue weighted by atomic mass is 16.6. The Kier molecular flexibility index (Phi) is 5.35. The van der Waals surface area contributed by atoms with E-state index in [9.17, 15) is 24.5 Å². The number of ketones is 1. The third kappa shape index (κ3) is 3.82. The number of benzene rings is 2. The quantitative estimate of drug-likeness (QED) is 0.232. The van der Waals surface area contributed by atoms with E-state index < -0.39 is 29.1 Å². The zero-order chi connectivity index (χ0) is 24.9. The van der Waals surface area contributed by atoms with E-state index in [1.807, 2.05) is 35.8 Å². The zero-order valence-corrected chi connectivity index (χ0v) is 19.0. The lowest BCUT2D eigenvalue weighted by molar-refractivity contribution is -0.384. The zero-order valence-electron chi connectivity index (χ0n) is 19.0. The number of Topliss-reactive ketones (excluding diaryl/α,β-unsaturated/α-hetero) is 1. The van der Waals surface area contributed by atoms with E-state index in [0.29, 0.717) is 35.9 Å². The third-order valence-electron chi connectivity index (χ3n) is 6.29. The number of nitro benzene ring substituents is 1. The largest absolute Gasteiger partial charge is 0.486 e. The van der Waals surface area contributed by atoms with Crippen molar-refractivity contribution in [1.82, 2.24) is 9.47 Å². The Morgan fingerprint density at radius 3 is 2.51 bits per heavy atom. The first-order chi connectivity index (χ1) is 16.7. The highest BCUT2D eigenvalue weighted by molar-refractivity contribution is 6.23. The molecule has 0 spiro atoms. The number of nitrogens with zero attached hydrogens (tertiary/aromatic N) is 3. The van der Waals surface area contributed by atoms with Crippen molar-refractivity contribution in [2.45, 2.75) is 26.5 Å². The molecule has 35 heavy (non-hydrogen) atoms. The Labute approximate surface area is 199 Å². The van der Waals surface area contributed by atoms with E-state index in [1.165, 1.54) is 12.1 Å². The second-order valence-corrected chi connectivity index (χ2v) is 8.50. The molecule has 10 heteroatoms. The number of rotatable bonds is 6. The smallest absolute Gasteiger partial charge is 0.270 e. The van der Waals surface area contributed by atoms with Gasteiger partial charge < -0.3 is 14.0 Å². The van der Waals surface area contributed by atoms with E-state index in [1.54, 1.807) is 13.0 Å². The average Bonchev–Trinajstić information content (AvgIpc) is 3.26. The van der Waals surface area contributed by atoms with E-state index in [4.69, 9.17) is 9.47 Å². The van der Waals surface area contributed by atoms with Gasteiger partial charge in [-0.2, -0.15) is 0 Å². The molecule has 2 aliphatic rings. The molecule has 0 bridgehead atoms. The number of hydrogen-bond acceptors (Lipinski definition) is 7. The fraction of sp³-hybridized carbons (Fsp3) is 0.240. The summed E-state index contributed by atoms with van der Waals surface area (Å²) >= 11 is 0. The summed E-state index contributed by atoms with van der Waals surface area (Å²) in [6, 6.07) is 12.6. The minimum Gasteiger partial charge on any atom is -0.486 e. The van der Waals surface area contributed by atoms with E-state index in [-0.39, 0.29) is 22.9 Å². The van der Waals surface area contributed by atoms with Crippen LogP contribution < -0.4 is 9.47 Å². The fourth-order valence-electron chi connectivity index (χ4n) is 4.49. The van der Waals surface area contributed by atoms with Crippen molar-refractivity contribution < 1.29 is 28.8 Å². The predicted molar refractivity (Wildman–Crippen MR) is 123 cm³/mol.